The van der Waals surface area contributed by atoms with Crippen molar-refractivity contribution in [1.29, 1.82) is 0 Å². The highest BCUT2D eigenvalue weighted by Crippen LogP contribution is 2.30. The Labute approximate surface area is 185 Å². The first-order chi connectivity index (χ1) is 15.6. The van der Waals surface area contributed by atoms with Gasteiger partial charge in [-0.3, -0.25) is 9.89 Å². The number of aromatic amines is 1. The lowest BCUT2D eigenvalue weighted by Gasteiger charge is -2.28. The Morgan fingerprint density at radius 2 is 1.91 bits per heavy atom. The minimum atomic E-state index is -0.493. The third-order valence-corrected chi connectivity index (χ3v) is 5.91. The molecule has 1 unspecified atom stereocenters. The van der Waals surface area contributed by atoms with Gasteiger partial charge in [-0.2, -0.15) is 9.78 Å². The summed E-state index contributed by atoms with van der Waals surface area (Å²) in [5, 5.41) is 23.2. The number of amides is 1. The molecule has 0 spiro atoms. The van der Waals surface area contributed by atoms with Crippen molar-refractivity contribution < 1.29 is 4.79 Å². The first kappa shape index (κ1) is 20.1. The zero-order valence-corrected chi connectivity index (χ0v) is 18.0. The van der Waals surface area contributed by atoms with E-state index in [0.717, 1.165) is 41.0 Å². The van der Waals surface area contributed by atoms with E-state index in [1.807, 2.05) is 61.5 Å². The number of H-pyrrole nitrogens is 1. The van der Waals surface area contributed by atoms with Gasteiger partial charge in [0.25, 0.3) is 5.91 Å². The van der Waals surface area contributed by atoms with E-state index in [2.05, 4.69) is 31.0 Å². The van der Waals surface area contributed by atoms with Gasteiger partial charge >= 0.3 is 0 Å². The van der Waals surface area contributed by atoms with E-state index in [0.29, 0.717) is 18.1 Å². The lowest BCUT2D eigenvalue weighted by atomic mass is 10.0. The van der Waals surface area contributed by atoms with Crippen LogP contribution >= 0.6 is 0 Å². The van der Waals surface area contributed by atoms with E-state index in [9.17, 15) is 4.79 Å². The van der Waals surface area contributed by atoms with Crippen LogP contribution in [0, 0.1) is 6.92 Å². The zero-order chi connectivity index (χ0) is 22.1. The maximum Gasteiger partial charge on any atom is 0.275 e. The number of carbonyl (C=O) groups excluding carboxylic acids is 1. The molecule has 5 rings (SSSR count). The number of rotatable bonds is 5. The van der Waals surface area contributed by atoms with Gasteiger partial charge in [-0.05, 0) is 47.5 Å². The number of aromatic nitrogens is 6. The number of aryl methyl sites for hydroxylation is 1. The molecular weight excluding hydrogens is 404 g/mol. The van der Waals surface area contributed by atoms with E-state index in [1.165, 1.54) is 0 Å². The number of hydrogen-bond acceptors (Lipinski definition) is 6. The molecule has 1 amide bonds. The van der Waals surface area contributed by atoms with E-state index >= 15 is 0 Å². The molecule has 1 aliphatic rings. The van der Waals surface area contributed by atoms with Gasteiger partial charge in [0.2, 0.25) is 0 Å². The van der Waals surface area contributed by atoms with Crippen LogP contribution in [0.25, 0.3) is 5.69 Å². The molecule has 0 saturated carbocycles. The molecule has 9 nitrogen and oxygen atoms in total. The quantitative estimate of drug-likeness (QED) is 0.505. The van der Waals surface area contributed by atoms with Gasteiger partial charge < -0.3 is 10.2 Å². The summed E-state index contributed by atoms with van der Waals surface area (Å²) in [5.74, 6) is 0.394. The van der Waals surface area contributed by atoms with Crippen molar-refractivity contribution in [2.75, 3.05) is 13.6 Å². The highest BCUT2D eigenvalue weighted by atomic mass is 16.2. The van der Waals surface area contributed by atoms with Gasteiger partial charge in [0, 0.05) is 19.2 Å². The lowest BCUT2D eigenvalue weighted by Crippen LogP contribution is -2.35. The molecule has 0 aliphatic carbocycles. The van der Waals surface area contributed by atoms with Crippen LogP contribution in [-0.4, -0.2) is 54.8 Å². The average molecular weight is 429 g/mol. The second-order valence-corrected chi connectivity index (χ2v) is 7.92. The van der Waals surface area contributed by atoms with Crippen LogP contribution in [-0.2, 0) is 13.0 Å². The van der Waals surface area contributed by atoms with Crippen LogP contribution < -0.4 is 5.32 Å². The zero-order valence-electron chi connectivity index (χ0n) is 18.0. The molecule has 1 atom stereocenters. The number of tetrazole rings is 1. The number of fused-ring (bicyclic) bond motifs is 1. The summed E-state index contributed by atoms with van der Waals surface area (Å²) in [4.78, 5) is 15.3. The fourth-order valence-corrected chi connectivity index (χ4v) is 4.22. The second kappa shape index (κ2) is 8.35. The van der Waals surface area contributed by atoms with E-state index in [4.69, 9.17) is 0 Å². The van der Waals surface area contributed by atoms with Gasteiger partial charge in [-0.15, -0.1) is 5.10 Å². The molecule has 2 aromatic heterocycles. The highest BCUT2D eigenvalue weighted by molar-refractivity contribution is 5.94. The SMILES string of the molecule is Cc1ccccc1-n1nnnc1C(c1ccccc1)N(C)C(=O)c1n[nH]c2c1CCNC2. The minimum absolute atomic E-state index is 0.169. The summed E-state index contributed by atoms with van der Waals surface area (Å²) in [6.07, 6.45) is 0.762. The third-order valence-electron chi connectivity index (χ3n) is 5.91. The van der Waals surface area contributed by atoms with Crippen molar-refractivity contribution in [2.24, 2.45) is 0 Å². The summed E-state index contributed by atoms with van der Waals surface area (Å²) >= 11 is 0. The Morgan fingerprint density at radius 1 is 1.12 bits per heavy atom. The molecule has 1 aliphatic heterocycles. The largest absolute Gasteiger partial charge is 0.326 e. The number of nitrogens with zero attached hydrogens (tertiary/aromatic N) is 6. The number of para-hydroxylation sites is 1. The lowest BCUT2D eigenvalue weighted by molar-refractivity contribution is 0.0741. The minimum Gasteiger partial charge on any atom is -0.326 e. The fourth-order valence-electron chi connectivity index (χ4n) is 4.22. The maximum atomic E-state index is 13.6. The molecule has 162 valence electrons. The Balaban J connectivity index is 1.60. The molecule has 4 aromatic rings. The van der Waals surface area contributed by atoms with Crippen molar-refractivity contribution in [3.05, 3.63) is 88.5 Å². The third kappa shape index (κ3) is 3.46. The molecule has 9 heteroatoms. The molecule has 0 bridgehead atoms. The van der Waals surface area contributed by atoms with Crippen LogP contribution in [0.4, 0.5) is 0 Å². The van der Waals surface area contributed by atoms with Gasteiger partial charge in [0.15, 0.2) is 11.5 Å². The monoisotopic (exact) mass is 428 g/mol. The smallest absolute Gasteiger partial charge is 0.275 e. The van der Waals surface area contributed by atoms with Gasteiger partial charge in [0.1, 0.15) is 6.04 Å². The molecular formula is C23H24N8O. The normalized spacial score (nSPS) is 14.1. The molecule has 3 heterocycles. The van der Waals surface area contributed by atoms with Gasteiger partial charge in [0.05, 0.1) is 11.4 Å². The van der Waals surface area contributed by atoms with Crippen LogP contribution in [0.15, 0.2) is 54.6 Å². The summed E-state index contributed by atoms with van der Waals surface area (Å²) in [6, 6.07) is 17.2. The van der Waals surface area contributed by atoms with Crippen molar-refractivity contribution in [1.82, 2.24) is 40.6 Å². The summed E-state index contributed by atoms with van der Waals surface area (Å²) in [6.45, 7) is 3.52. The predicted octanol–water partition coefficient (Wildman–Crippen LogP) is 2.20. The Morgan fingerprint density at radius 3 is 2.72 bits per heavy atom. The van der Waals surface area contributed by atoms with Crippen molar-refractivity contribution in [3.8, 4) is 5.69 Å². The number of nitrogens with one attached hydrogen (secondary N) is 2. The molecule has 0 fully saturated rings. The topological polar surface area (TPSA) is 105 Å². The van der Waals surface area contributed by atoms with Crippen molar-refractivity contribution in [2.45, 2.75) is 25.9 Å². The Kier molecular flexibility index (Phi) is 5.24. The van der Waals surface area contributed by atoms with Gasteiger partial charge in [-0.1, -0.05) is 48.5 Å². The molecule has 2 aromatic carbocycles. The molecule has 0 radical (unpaired) electrons. The number of benzene rings is 2. The first-order valence-corrected chi connectivity index (χ1v) is 10.6. The first-order valence-electron chi connectivity index (χ1n) is 10.6. The van der Waals surface area contributed by atoms with E-state index < -0.39 is 6.04 Å². The number of carbonyl (C=O) groups is 1. The van der Waals surface area contributed by atoms with Crippen molar-refractivity contribution >= 4 is 5.91 Å². The molecule has 0 saturated heterocycles. The van der Waals surface area contributed by atoms with Gasteiger partial charge in [-0.25, -0.2) is 0 Å². The molecule has 32 heavy (non-hydrogen) atoms. The van der Waals surface area contributed by atoms with Crippen LogP contribution in [0.2, 0.25) is 0 Å². The highest BCUT2D eigenvalue weighted by Gasteiger charge is 2.33. The molecule has 2 N–H and O–H groups in total. The summed E-state index contributed by atoms with van der Waals surface area (Å²) in [5.41, 5.74) is 5.23. The average Bonchev–Trinajstić information content (AvgIpc) is 3.47. The Bertz CT molecular complexity index is 1250. The van der Waals surface area contributed by atoms with Crippen LogP contribution in [0.1, 0.15) is 44.7 Å². The van der Waals surface area contributed by atoms with E-state index in [1.54, 1.807) is 16.6 Å². The summed E-state index contributed by atoms with van der Waals surface area (Å²) < 4.78 is 1.71. The van der Waals surface area contributed by atoms with Crippen molar-refractivity contribution in [3.63, 3.8) is 0 Å². The summed E-state index contributed by atoms with van der Waals surface area (Å²) in [7, 11) is 1.78. The number of hydrogen-bond donors (Lipinski definition) is 2. The fraction of sp³-hybridized carbons (Fsp3) is 0.261. The maximum absolute atomic E-state index is 13.6. The van der Waals surface area contributed by atoms with E-state index in [-0.39, 0.29) is 5.91 Å². The predicted molar refractivity (Wildman–Crippen MR) is 118 cm³/mol. The van der Waals surface area contributed by atoms with Crippen LogP contribution in [0.5, 0.6) is 0 Å². The second-order valence-electron chi connectivity index (χ2n) is 7.92. The Hall–Kier alpha value is -3.85. The van der Waals surface area contributed by atoms with Crippen LogP contribution in [0.3, 0.4) is 0 Å². The standard InChI is InChI=1S/C23H24N8O/c1-15-8-6-7-11-19(15)31-22(27-28-29-31)21(16-9-4-3-5-10-16)30(2)23(32)20-17-12-13-24-14-18(17)25-26-20/h3-11,21,24H,12-14H2,1-2H3,(H,25,26).